The molecule has 0 heterocycles. The Morgan fingerprint density at radius 1 is 1.00 bits per heavy atom. The van der Waals surface area contributed by atoms with Crippen LogP contribution in [0, 0.1) is 0 Å². The fourth-order valence-electron chi connectivity index (χ4n) is 1.92. The van der Waals surface area contributed by atoms with E-state index in [1.165, 1.54) is 5.56 Å². The van der Waals surface area contributed by atoms with Gasteiger partial charge in [-0.05, 0) is 36.1 Å². The molecular formula is C15H15Br2N. The average molecular weight is 369 g/mol. The molecule has 0 amide bonds. The van der Waals surface area contributed by atoms with Crippen LogP contribution in [0.25, 0.3) is 0 Å². The Morgan fingerprint density at radius 2 is 1.72 bits per heavy atom. The van der Waals surface area contributed by atoms with Gasteiger partial charge in [-0.25, -0.2) is 0 Å². The van der Waals surface area contributed by atoms with Crippen LogP contribution in [-0.2, 0) is 6.42 Å². The van der Waals surface area contributed by atoms with E-state index in [2.05, 4.69) is 62.2 Å². The molecule has 0 saturated carbocycles. The zero-order valence-corrected chi connectivity index (χ0v) is 13.1. The van der Waals surface area contributed by atoms with Crippen LogP contribution in [-0.4, -0.2) is 0 Å². The van der Waals surface area contributed by atoms with Gasteiger partial charge in [0.05, 0.1) is 0 Å². The van der Waals surface area contributed by atoms with Gasteiger partial charge >= 0.3 is 0 Å². The number of rotatable bonds is 4. The zero-order chi connectivity index (χ0) is 13.0. The minimum atomic E-state index is 0.0627. The van der Waals surface area contributed by atoms with Gasteiger partial charge in [0.25, 0.3) is 0 Å². The molecule has 0 aliphatic carbocycles. The van der Waals surface area contributed by atoms with Crippen LogP contribution in [0.5, 0.6) is 0 Å². The molecule has 3 heteroatoms. The maximum atomic E-state index is 6.25. The summed E-state index contributed by atoms with van der Waals surface area (Å²) in [6, 6.07) is 16.7. The van der Waals surface area contributed by atoms with E-state index in [0.29, 0.717) is 0 Å². The van der Waals surface area contributed by atoms with Gasteiger partial charge in [-0.1, -0.05) is 68.3 Å². The third-order valence-corrected chi connectivity index (χ3v) is 4.13. The van der Waals surface area contributed by atoms with Gasteiger partial charge in [0.1, 0.15) is 0 Å². The predicted molar refractivity (Wildman–Crippen MR) is 83.5 cm³/mol. The molecule has 1 atom stereocenters. The van der Waals surface area contributed by atoms with Crippen molar-refractivity contribution in [3.63, 3.8) is 0 Å². The number of aryl methyl sites for hydroxylation is 1. The molecule has 0 bridgehead atoms. The molecule has 1 nitrogen and oxygen atoms in total. The van der Waals surface area contributed by atoms with Crippen LogP contribution in [0.15, 0.2) is 57.5 Å². The molecule has 0 aromatic heterocycles. The van der Waals surface area contributed by atoms with Crippen LogP contribution in [0.1, 0.15) is 23.6 Å². The second-order valence-corrected chi connectivity index (χ2v) is 6.07. The van der Waals surface area contributed by atoms with E-state index < -0.39 is 0 Å². The lowest BCUT2D eigenvalue weighted by molar-refractivity contribution is 0.649. The van der Waals surface area contributed by atoms with E-state index in [1.54, 1.807) is 0 Å². The Morgan fingerprint density at radius 3 is 2.39 bits per heavy atom. The largest absolute Gasteiger partial charge is 0.324 e. The van der Waals surface area contributed by atoms with Crippen molar-refractivity contribution in [3.05, 3.63) is 68.6 Å². The van der Waals surface area contributed by atoms with Gasteiger partial charge in [0.15, 0.2) is 0 Å². The first-order valence-corrected chi connectivity index (χ1v) is 7.50. The van der Waals surface area contributed by atoms with Crippen molar-refractivity contribution in [2.45, 2.75) is 18.9 Å². The maximum absolute atomic E-state index is 6.25. The van der Waals surface area contributed by atoms with E-state index in [9.17, 15) is 0 Å². The summed E-state index contributed by atoms with van der Waals surface area (Å²) in [6.07, 6.45) is 1.95. The van der Waals surface area contributed by atoms with E-state index in [4.69, 9.17) is 5.73 Å². The van der Waals surface area contributed by atoms with Gasteiger partial charge in [-0.15, -0.1) is 0 Å². The van der Waals surface area contributed by atoms with Crippen molar-refractivity contribution in [1.29, 1.82) is 0 Å². The normalized spacial score (nSPS) is 12.4. The standard InChI is InChI=1S/C15H15Br2N/c16-12-7-8-13(14(17)10-12)15(18)9-6-11-4-2-1-3-5-11/h1-5,7-8,10,15H,6,9,18H2. The first-order valence-electron chi connectivity index (χ1n) is 5.91. The minimum Gasteiger partial charge on any atom is -0.324 e. The van der Waals surface area contributed by atoms with E-state index in [0.717, 1.165) is 27.4 Å². The summed E-state index contributed by atoms with van der Waals surface area (Å²) < 4.78 is 2.13. The highest BCUT2D eigenvalue weighted by Gasteiger charge is 2.10. The zero-order valence-electron chi connectivity index (χ0n) is 9.94. The molecule has 18 heavy (non-hydrogen) atoms. The minimum absolute atomic E-state index is 0.0627. The molecule has 0 radical (unpaired) electrons. The smallest absolute Gasteiger partial charge is 0.0309 e. The average Bonchev–Trinajstić information content (AvgIpc) is 2.37. The van der Waals surface area contributed by atoms with Crippen LogP contribution >= 0.6 is 31.9 Å². The summed E-state index contributed by atoms with van der Waals surface area (Å²) in [5.74, 6) is 0. The molecule has 1 unspecified atom stereocenters. The van der Waals surface area contributed by atoms with Crippen molar-refractivity contribution in [2.24, 2.45) is 5.73 Å². The molecule has 0 fully saturated rings. The van der Waals surface area contributed by atoms with Gasteiger partial charge in [0.2, 0.25) is 0 Å². The second kappa shape index (κ2) is 6.50. The molecule has 0 aliphatic heterocycles. The molecule has 94 valence electrons. The molecule has 2 aromatic rings. The lowest BCUT2D eigenvalue weighted by Crippen LogP contribution is -2.12. The number of benzene rings is 2. The number of hydrogen-bond donors (Lipinski definition) is 1. The summed E-state index contributed by atoms with van der Waals surface area (Å²) in [4.78, 5) is 0. The Bertz CT molecular complexity index is 511. The van der Waals surface area contributed by atoms with Gasteiger partial charge in [0, 0.05) is 15.0 Å². The third-order valence-electron chi connectivity index (χ3n) is 2.95. The lowest BCUT2D eigenvalue weighted by atomic mass is 10.00. The second-order valence-electron chi connectivity index (χ2n) is 4.30. The molecular weight excluding hydrogens is 354 g/mol. The highest BCUT2D eigenvalue weighted by atomic mass is 79.9. The first-order chi connectivity index (χ1) is 8.66. The molecule has 2 N–H and O–H groups in total. The fraction of sp³-hybridized carbons (Fsp3) is 0.200. The van der Waals surface area contributed by atoms with Gasteiger partial charge in [-0.2, -0.15) is 0 Å². The highest BCUT2D eigenvalue weighted by molar-refractivity contribution is 9.11. The third kappa shape index (κ3) is 3.67. The Balaban J connectivity index is 2.01. The SMILES string of the molecule is NC(CCc1ccccc1)c1ccc(Br)cc1Br. The summed E-state index contributed by atoms with van der Waals surface area (Å²) in [6.45, 7) is 0. The summed E-state index contributed by atoms with van der Waals surface area (Å²) in [5.41, 5.74) is 8.74. The summed E-state index contributed by atoms with van der Waals surface area (Å²) in [5, 5.41) is 0. The van der Waals surface area contributed by atoms with Crippen molar-refractivity contribution < 1.29 is 0 Å². The Hall–Kier alpha value is -0.640. The van der Waals surface area contributed by atoms with Crippen LogP contribution in [0.4, 0.5) is 0 Å². The van der Waals surface area contributed by atoms with E-state index >= 15 is 0 Å². The quantitative estimate of drug-likeness (QED) is 0.820. The highest BCUT2D eigenvalue weighted by Crippen LogP contribution is 2.28. The molecule has 2 rings (SSSR count). The lowest BCUT2D eigenvalue weighted by Gasteiger charge is -2.14. The number of nitrogens with two attached hydrogens (primary N) is 1. The summed E-state index contributed by atoms with van der Waals surface area (Å²) in [7, 11) is 0. The van der Waals surface area contributed by atoms with Crippen molar-refractivity contribution in [3.8, 4) is 0 Å². The topological polar surface area (TPSA) is 26.0 Å². The Kier molecular flexibility index (Phi) is 4.98. The molecule has 0 spiro atoms. The fourth-order valence-corrected chi connectivity index (χ4v) is 3.27. The summed E-state index contributed by atoms with van der Waals surface area (Å²) >= 11 is 7.01. The first kappa shape index (κ1) is 13.8. The maximum Gasteiger partial charge on any atom is 0.0309 e. The van der Waals surface area contributed by atoms with Crippen LogP contribution in [0.3, 0.4) is 0 Å². The van der Waals surface area contributed by atoms with E-state index in [-0.39, 0.29) is 6.04 Å². The predicted octanol–water partition coefficient (Wildman–Crippen LogP) is 4.84. The molecule has 0 saturated heterocycles. The van der Waals surface area contributed by atoms with Crippen LogP contribution < -0.4 is 5.73 Å². The van der Waals surface area contributed by atoms with Crippen LogP contribution in [0.2, 0.25) is 0 Å². The van der Waals surface area contributed by atoms with E-state index in [1.807, 2.05) is 18.2 Å². The molecule has 2 aromatic carbocycles. The van der Waals surface area contributed by atoms with Crippen molar-refractivity contribution in [1.82, 2.24) is 0 Å². The monoisotopic (exact) mass is 367 g/mol. The van der Waals surface area contributed by atoms with Gasteiger partial charge < -0.3 is 5.73 Å². The number of halogens is 2. The molecule has 0 aliphatic rings. The Labute approximate surface area is 125 Å². The van der Waals surface area contributed by atoms with Crippen molar-refractivity contribution in [2.75, 3.05) is 0 Å². The van der Waals surface area contributed by atoms with Crippen molar-refractivity contribution >= 4 is 31.9 Å². The number of hydrogen-bond acceptors (Lipinski definition) is 1. The van der Waals surface area contributed by atoms with Gasteiger partial charge in [-0.3, -0.25) is 0 Å².